The molecular formula is C11H8B4N2O2. The molecule has 4 nitrogen and oxygen atoms in total. The Bertz CT molecular complexity index is 547. The lowest BCUT2D eigenvalue weighted by Crippen LogP contribution is -2.61. The number of amidine groups is 1. The first-order valence-corrected chi connectivity index (χ1v) is 5.81. The van der Waals surface area contributed by atoms with Crippen molar-refractivity contribution in [1.82, 2.24) is 5.32 Å². The van der Waals surface area contributed by atoms with E-state index in [1.165, 1.54) is 0 Å². The monoisotopic (exact) mass is 244 g/mol. The molecule has 1 aromatic carbocycles. The lowest BCUT2D eigenvalue weighted by Gasteiger charge is -2.35. The molecule has 86 valence electrons. The molecule has 0 bridgehead atoms. The van der Waals surface area contributed by atoms with E-state index in [-0.39, 0.29) is 6.61 Å². The van der Waals surface area contributed by atoms with Crippen molar-refractivity contribution in [2.45, 2.75) is 16.8 Å². The highest BCUT2D eigenvalue weighted by Crippen LogP contribution is 2.32. The molecule has 19 heavy (non-hydrogen) atoms. The third-order valence-corrected chi connectivity index (χ3v) is 3.12. The van der Waals surface area contributed by atoms with Gasteiger partial charge in [0.05, 0.1) is 31.4 Å². The van der Waals surface area contributed by atoms with E-state index in [0.29, 0.717) is 17.3 Å². The number of fused-ring (bicyclic) bond motifs is 1. The summed E-state index contributed by atoms with van der Waals surface area (Å²) in [5.41, 5.74) is 0. The Kier molecular flexibility index (Phi) is 2.66. The van der Waals surface area contributed by atoms with Crippen molar-refractivity contribution in [3.8, 4) is 11.5 Å². The zero-order valence-corrected chi connectivity index (χ0v) is 10.2. The van der Waals surface area contributed by atoms with Crippen LogP contribution in [0.5, 0.6) is 11.5 Å². The molecule has 0 aliphatic carbocycles. The van der Waals surface area contributed by atoms with Crippen molar-refractivity contribution in [3.63, 3.8) is 0 Å². The molecule has 8 radical (unpaired) electrons. The molecule has 1 atom stereocenters. The van der Waals surface area contributed by atoms with Crippen LogP contribution in [0.4, 0.5) is 0 Å². The minimum Gasteiger partial charge on any atom is -0.485 e. The number of nitrogens with zero attached hydrogens (tertiary/aromatic N) is 1. The molecule has 0 aromatic heterocycles. The smallest absolute Gasteiger partial charge is 0.189 e. The summed E-state index contributed by atoms with van der Waals surface area (Å²) in [4.78, 5) is 4.08. The highest BCUT2D eigenvalue weighted by molar-refractivity contribution is 6.56. The number of nitrogens with one attached hydrogen (secondary N) is 1. The van der Waals surface area contributed by atoms with Crippen LogP contribution in [0.25, 0.3) is 0 Å². The molecule has 0 saturated carbocycles. The summed E-state index contributed by atoms with van der Waals surface area (Å²) in [5, 5.41) is -0.348. The first kappa shape index (κ1) is 12.6. The zero-order valence-electron chi connectivity index (χ0n) is 10.2. The Hall–Kier alpha value is -1.45. The fraction of sp³-hybridized carbons (Fsp3) is 0.364. The summed E-state index contributed by atoms with van der Waals surface area (Å²) in [5.74, 6) is 1.68. The quantitative estimate of drug-likeness (QED) is 0.631. The van der Waals surface area contributed by atoms with Crippen LogP contribution in [-0.4, -0.2) is 60.6 Å². The molecule has 1 aromatic rings. The molecule has 8 heteroatoms. The molecule has 2 aliphatic heterocycles. The van der Waals surface area contributed by atoms with Gasteiger partial charge in [0.2, 0.25) is 0 Å². The number of para-hydroxylation sites is 2. The first-order valence-electron chi connectivity index (χ1n) is 5.81. The molecular weight excluding hydrogens is 235 g/mol. The maximum atomic E-state index is 5.76. The Morgan fingerprint density at radius 3 is 2.47 bits per heavy atom. The lowest BCUT2D eigenvalue weighted by atomic mass is 9.39. The van der Waals surface area contributed by atoms with Crippen LogP contribution in [0.3, 0.4) is 0 Å². The Morgan fingerprint density at radius 2 is 1.84 bits per heavy atom. The van der Waals surface area contributed by atoms with Crippen LogP contribution in [0.15, 0.2) is 29.3 Å². The van der Waals surface area contributed by atoms with Gasteiger partial charge in [-0.25, -0.2) is 0 Å². The molecule has 1 N–H and O–H groups in total. The third kappa shape index (κ3) is 2.03. The van der Waals surface area contributed by atoms with Crippen molar-refractivity contribution < 1.29 is 9.47 Å². The molecule has 0 fully saturated rings. The number of hydrogen-bond donors (Lipinski definition) is 1. The number of hydrogen-bond acceptors (Lipinski definition) is 4. The highest BCUT2D eigenvalue weighted by atomic mass is 16.6. The van der Waals surface area contributed by atoms with Gasteiger partial charge in [-0.15, -0.1) is 0 Å². The zero-order chi connectivity index (χ0) is 13.7. The lowest BCUT2D eigenvalue weighted by molar-refractivity contribution is 0.133. The van der Waals surface area contributed by atoms with Crippen molar-refractivity contribution in [1.29, 1.82) is 0 Å². The average molecular weight is 243 g/mol. The minimum absolute atomic E-state index is 0.273. The first-order chi connectivity index (χ1) is 8.89. The Labute approximate surface area is 117 Å². The third-order valence-electron chi connectivity index (χ3n) is 3.12. The summed E-state index contributed by atoms with van der Waals surface area (Å²) < 4.78 is 11.3. The second-order valence-corrected chi connectivity index (χ2v) is 4.68. The maximum absolute atomic E-state index is 5.76. The van der Waals surface area contributed by atoms with Crippen LogP contribution in [-0.2, 0) is 0 Å². The molecule has 2 aliphatic rings. The standard InChI is InChI=1S/C11H8B4N2O2/c12-10(13)11(14,15)17-9(16-10)8-5-18-6-3-1-2-4-7(6)19-8/h1-4,8H,5H2,(H,16,17). The van der Waals surface area contributed by atoms with Gasteiger partial charge >= 0.3 is 0 Å². The van der Waals surface area contributed by atoms with Gasteiger partial charge in [0.25, 0.3) is 0 Å². The summed E-state index contributed by atoms with van der Waals surface area (Å²) in [6, 6.07) is 7.33. The highest BCUT2D eigenvalue weighted by Gasteiger charge is 2.43. The van der Waals surface area contributed by atoms with Gasteiger partial charge in [-0.05, 0) is 22.8 Å². The van der Waals surface area contributed by atoms with Crippen LogP contribution in [0.2, 0.25) is 0 Å². The van der Waals surface area contributed by atoms with Gasteiger partial charge in [0, 0.05) is 0 Å². The fourth-order valence-electron chi connectivity index (χ4n) is 1.94. The van der Waals surface area contributed by atoms with E-state index < -0.39 is 16.8 Å². The fourth-order valence-corrected chi connectivity index (χ4v) is 1.94. The van der Waals surface area contributed by atoms with E-state index in [4.69, 9.17) is 40.9 Å². The van der Waals surface area contributed by atoms with Gasteiger partial charge in [0.15, 0.2) is 17.6 Å². The molecule has 3 rings (SSSR count). The van der Waals surface area contributed by atoms with E-state index in [9.17, 15) is 0 Å². The largest absolute Gasteiger partial charge is 0.485 e. The summed E-state index contributed by atoms with van der Waals surface area (Å²) >= 11 is 0. The predicted molar refractivity (Wildman–Crippen MR) is 75.4 cm³/mol. The number of benzene rings is 1. The van der Waals surface area contributed by atoms with E-state index in [0.717, 1.165) is 0 Å². The van der Waals surface area contributed by atoms with Gasteiger partial charge in [-0.3, -0.25) is 4.99 Å². The van der Waals surface area contributed by atoms with Crippen LogP contribution >= 0.6 is 0 Å². The topological polar surface area (TPSA) is 42.9 Å². The van der Waals surface area contributed by atoms with Gasteiger partial charge < -0.3 is 14.8 Å². The molecule has 1 unspecified atom stereocenters. The maximum Gasteiger partial charge on any atom is 0.189 e. The Balaban J connectivity index is 1.84. The minimum atomic E-state index is -1.59. The second kappa shape index (κ2) is 4.02. The summed E-state index contributed by atoms with van der Waals surface area (Å²) in [7, 11) is 23.0. The second-order valence-electron chi connectivity index (χ2n) is 4.68. The van der Waals surface area contributed by atoms with E-state index >= 15 is 0 Å². The van der Waals surface area contributed by atoms with Crippen LogP contribution in [0, 0.1) is 0 Å². The van der Waals surface area contributed by atoms with E-state index in [1.54, 1.807) is 6.07 Å². The van der Waals surface area contributed by atoms with Crippen molar-refractivity contribution in [3.05, 3.63) is 24.3 Å². The number of rotatable bonds is 1. The van der Waals surface area contributed by atoms with Gasteiger partial charge in [-0.2, -0.15) is 0 Å². The van der Waals surface area contributed by atoms with Gasteiger partial charge in [-0.1, -0.05) is 12.1 Å². The normalized spacial score (nSPS) is 26.3. The molecule has 0 saturated heterocycles. The van der Waals surface area contributed by atoms with Crippen molar-refractivity contribution >= 4 is 37.2 Å². The van der Waals surface area contributed by atoms with Crippen LogP contribution in [0.1, 0.15) is 0 Å². The van der Waals surface area contributed by atoms with Crippen molar-refractivity contribution in [2.75, 3.05) is 6.61 Å². The number of aliphatic imine (C=N–C) groups is 1. The average Bonchev–Trinajstić information content (AvgIpc) is 2.58. The molecule has 0 amide bonds. The SMILES string of the molecule is [B]C1([B])N=C(C2COc3ccccc3O2)NC1([B])[B]. The summed E-state index contributed by atoms with van der Waals surface area (Å²) in [6.07, 6.45) is -0.477. The molecule has 0 spiro atoms. The van der Waals surface area contributed by atoms with Gasteiger partial charge in [0.1, 0.15) is 12.4 Å². The predicted octanol–water partition coefficient (Wildman–Crippen LogP) is -1.19. The number of ether oxygens (including phenoxy) is 2. The van der Waals surface area contributed by atoms with Crippen molar-refractivity contribution in [2.24, 2.45) is 4.99 Å². The Morgan fingerprint density at radius 1 is 1.16 bits per heavy atom. The van der Waals surface area contributed by atoms with Crippen LogP contribution < -0.4 is 14.8 Å². The molecule has 2 heterocycles. The van der Waals surface area contributed by atoms with E-state index in [1.807, 2.05) is 18.2 Å². The van der Waals surface area contributed by atoms with E-state index in [2.05, 4.69) is 10.3 Å². The summed E-state index contributed by atoms with van der Waals surface area (Å²) in [6.45, 7) is 0.273.